The van der Waals surface area contributed by atoms with E-state index in [1.54, 1.807) is 0 Å². The third kappa shape index (κ3) is 3.34. The first kappa shape index (κ1) is 13.1. The minimum atomic E-state index is 0.657. The first-order chi connectivity index (χ1) is 8.66. The summed E-state index contributed by atoms with van der Waals surface area (Å²) in [7, 11) is 0. The lowest BCUT2D eigenvalue weighted by Gasteiger charge is -2.05. The second-order valence-electron chi connectivity index (χ2n) is 3.80. The Balaban J connectivity index is 2.14. The monoisotopic (exact) mass is 322 g/mol. The van der Waals surface area contributed by atoms with Crippen LogP contribution in [0.1, 0.15) is 12.5 Å². The Hall–Kier alpha value is -1.32. The van der Waals surface area contributed by atoms with E-state index in [-0.39, 0.29) is 0 Å². The zero-order valence-electron chi connectivity index (χ0n) is 9.82. The zero-order chi connectivity index (χ0) is 13.0. The SMILES string of the molecule is CC(=NNc1ccccc1Cl)c1ccc(Br)cc1. The molecule has 18 heavy (non-hydrogen) atoms. The summed E-state index contributed by atoms with van der Waals surface area (Å²) in [5, 5.41) is 4.98. The molecule has 0 saturated heterocycles. The fourth-order valence-corrected chi connectivity index (χ4v) is 1.89. The highest BCUT2D eigenvalue weighted by Gasteiger charge is 1.99. The molecule has 2 rings (SSSR count). The van der Waals surface area contributed by atoms with Gasteiger partial charge in [0.2, 0.25) is 0 Å². The molecule has 4 heteroatoms. The molecule has 0 aromatic heterocycles. The van der Waals surface area contributed by atoms with Gasteiger partial charge >= 0.3 is 0 Å². The summed E-state index contributed by atoms with van der Waals surface area (Å²) in [5.41, 5.74) is 5.74. The Bertz CT molecular complexity index is 564. The van der Waals surface area contributed by atoms with Gasteiger partial charge in [-0.05, 0) is 36.8 Å². The average molecular weight is 324 g/mol. The summed E-state index contributed by atoms with van der Waals surface area (Å²) >= 11 is 9.44. The Morgan fingerprint density at radius 1 is 1.11 bits per heavy atom. The lowest BCUT2D eigenvalue weighted by atomic mass is 10.1. The molecular formula is C14H12BrClN2. The van der Waals surface area contributed by atoms with Crippen molar-refractivity contribution in [3.63, 3.8) is 0 Å². The zero-order valence-corrected chi connectivity index (χ0v) is 12.2. The number of rotatable bonds is 3. The molecule has 0 spiro atoms. The molecule has 0 atom stereocenters. The molecule has 1 N–H and O–H groups in total. The molecule has 0 amide bonds. The molecular weight excluding hydrogens is 312 g/mol. The summed E-state index contributed by atoms with van der Waals surface area (Å²) in [6.07, 6.45) is 0. The number of nitrogens with one attached hydrogen (secondary N) is 1. The van der Waals surface area contributed by atoms with Crippen LogP contribution in [0.3, 0.4) is 0 Å². The average Bonchev–Trinajstić information content (AvgIpc) is 2.38. The third-order valence-electron chi connectivity index (χ3n) is 2.48. The summed E-state index contributed by atoms with van der Waals surface area (Å²) in [4.78, 5) is 0. The van der Waals surface area contributed by atoms with Gasteiger partial charge in [0.1, 0.15) is 0 Å². The van der Waals surface area contributed by atoms with Crippen molar-refractivity contribution >= 4 is 38.9 Å². The van der Waals surface area contributed by atoms with Crippen LogP contribution in [0.15, 0.2) is 58.1 Å². The number of para-hydroxylation sites is 1. The number of hydrogen-bond acceptors (Lipinski definition) is 2. The van der Waals surface area contributed by atoms with E-state index < -0.39 is 0 Å². The summed E-state index contributed by atoms with van der Waals surface area (Å²) in [6.45, 7) is 1.95. The number of nitrogens with zero attached hydrogens (tertiary/aromatic N) is 1. The summed E-state index contributed by atoms with van der Waals surface area (Å²) in [5.74, 6) is 0. The van der Waals surface area contributed by atoms with Crippen molar-refractivity contribution in [2.75, 3.05) is 5.43 Å². The Kier molecular flexibility index (Phi) is 4.39. The van der Waals surface area contributed by atoms with E-state index in [9.17, 15) is 0 Å². The van der Waals surface area contributed by atoms with Gasteiger partial charge in [-0.1, -0.05) is 51.8 Å². The fourth-order valence-electron chi connectivity index (χ4n) is 1.45. The molecule has 0 aliphatic rings. The van der Waals surface area contributed by atoms with Crippen LogP contribution >= 0.6 is 27.5 Å². The van der Waals surface area contributed by atoms with E-state index in [0.29, 0.717) is 5.02 Å². The number of halogens is 2. The van der Waals surface area contributed by atoms with E-state index in [1.807, 2.05) is 55.5 Å². The number of benzene rings is 2. The normalized spacial score (nSPS) is 11.4. The maximum absolute atomic E-state index is 6.04. The van der Waals surface area contributed by atoms with Crippen molar-refractivity contribution < 1.29 is 0 Å². The smallest absolute Gasteiger partial charge is 0.0748 e. The van der Waals surface area contributed by atoms with Gasteiger partial charge in [0.05, 0.1) is 16.4 Å². The lowest BCUT2D eigenvalue weighted by Crippen LogP contribution is -1.99. The predicted molar refractivity (Wildman–Crippen MR) is 81.4 cm³/mol. The van der Waals surface area contributed by atoms with Gasteiger partial charge in [-0.25, -0.2) is 0 Å². The van der Waals surface area contributed by atoms with E-state index in [1.165, 1.54) is 0 Å². The standard InChI is InChI=1S/C14H12BrClN2/c1-10(11-6-8-12(15)9-7-11)17-18-14-5-3-2-4-13(14)16/h2-9,18H,1H3. The minimum absolute atomic E-state index is 0.657. The van der Waals surface area contributed by atoms with Crippen LogP contribution in [0.4, 0.5) is 5.69 Å². The molecule has 0 radical (unpaired) electrons. The highest BCUT2D eigenvalue weighted by molar-refractivity contribution is 9.10. The largest absolute Gasteiger partial charge is 0.277 e. The van der Waals surface area contributed by atoms with Gasteiger partial charge < -0.3 is 0 Å². The second-order valence-corrected chi connectivity index (χ2v) is 5.12. The van der Waals surface area contributed by atoms with Gasteiger partial charge in [0, 0.05) is 4.47 Å². The van der Waals surface area contributed by atoms with Crippen molar-refractivity contribution in [1.82, 2.24) is 0 Å². The summed E-state index contributed by atoms with van der Waals surface area (Å²) < 4.78 is 1.05. The molecule has 2 aromatic rings. The Labute approximate surface area is 120 Å². The first-order valence-corrected chi connectivity index (χ1v) is 6.64. The molecule has 2 nitrogen and oxygen atoms in total. The predicted octanol–water partition coefficient (Wildman–Crippen LogP) is 4.94. The minimum Gasteiger partial charge on any atom is -0.277 e. The van der Waals surface area contributed by atoms with E-state index in [4.69, 9.17) is 11.6 Å². The third-order valence-corrected chi connectivity index (χ3v) is 3.34. The van der Waals surface area contributed by atoms with Crippen LogP contribution < -0.4 is 5.43 Å². The molecule has 0 saturated carbocycles. The van der Waals surface area contributed by atoms with Gasteiger partial charge in [-0.2, -0.15) is 5.10 Å². The highest BCUT2D eigenvalue weighted by Crippen LogP contribution is 2.20. The van der Waals surface area contributed by atoms with E-state index >= 15 is 0 Å². The van der Waals surface area contributed by atoms with Crippen LogP contribution in [-0.2, 0) is 0 Å². The van der Waals surface area contributed by atoms with Gasteiger partial charge in [-0.15, -0.1) is 0 Å². The van der Waals surface area contributed by atoms with E-state index in [0.717, 1.165) is 21.4 Å². The van der Waals surface area contributed by atoms with Crippen molar-refractivity contribution in [3.8, 4) is 0 Å². The molecule has 92 valence electrons. The Morgan fingerprint density at radius 2 is 1.78 bits per heavy atom. The number of hydrogen-bond donors (Lipinski definition) is 1. The summed E-state index contributed by atoms with van der Waals surface area (Å²) in [6, 6.07) is 15.5. The molecule has 0 bridgehead atoms. The van der Waals surface area contributed by atoms with Crippen LogP contribution in [0.5, 0.6) is 0 Å². The quantitative estimate of drug-likeness (QED) is 0.628. The van der Waals surface area contributed by atoms with Crippen molar-refractivity contribution in [1.29, 1.82) is 0 Å². The number of anilines is 1. The second kappa shape index (κ2) is 6.03. The van der Waals surface area contributed by atoms with Gasteiger partial charge in [0.25, 0.3) is 0 Å². The first-order valence-electron chi connectivity index (χ1n) is 5.47. The van der Waals surface area contributed by atoms with Gasteiger partial charge in [-0.3, -0.25) is 5.43 Å². The lowest BCUT2D eigenvalue weighted by molar-refractivity contribution is 1.32. The fraction of sp³-hybridized carbons (Fsp3) is 0.0714. The maximum atomic E-state index is 6.04. The van der Waals surface area contributed by atoms with Crippen LogP contribution in [0, 0.1) is 0 Å². The van der Waals surface area contributed by atoms with E-state index in [2.05, 4.69) is 26.5 Å². The Morgan fingerprint density at radius 3 is 2.44 bits per heavy atom. The van der Waals surface area contributed by atoms with Crippen LogP contribution in [0.25, 0.3) is 0 Å². The molecule has 0 fully saturated rings. The van der Waals surface area contributed by atoms with Crippen molar-refractivity contribution in [3.05, 3.63) is 63.6 Å². The van der Waals surface area contributed by atoms with Gasteiger partial charge in [0.15, 0.2) is 0 Å². The topological polar surface area (TPSA) is 24.4 Å². The van der Waals surface area contributed by atoms with Crippen LogP contribution in [-0.4, -0.2) is 5.71 Å². The molecule has 0 heterocycles. The molecule has 0 aliphatic carbocycles. The van der Waals surface area contributed by atoms with Crippen molar-refractivity contribution in [2.45, 2.75) is 6.92 Å². The maximum Gasteiger partial charge on any atom is 0.0748 e. The molecule has 2 aromatic carbocycles. The number of hydrazone groups is 1. The molecule has 0 aliphatic heterocycles. The molecule has 0 unspecified atom stereocenters. The van der Waals surface area contributed by atoms with Crippen molar-refractivity contribution in [2.24, 2.45) is 5.10 Å². The van der Waals surface area contributed by atoms with Crippen LogP contribution in [0.2, 0.25) is 5.02 Å². The highest BCUT2D eigenvalue weighted by atomic mass is 79.9.